The maximum Gasteiger partial charge on any atom is 0.123 e. The van der Waals surface area contributed by atoms with E-state index < -0.39 is 0 Å². The second-order valence-electron chi connectivity index (χ2n) is 3.82. The fourth-order valence-corrected chi connectivity index (χ4v) is 2.02. The number of benzene rings is 2. The molecule has 88 valence electrons. The van der Waals surface area contributed by atoms with E-state index in [0.29, 0.717) is 11.8 Å². The molecule has 0 spiro atoms. The monoisotopic (exact) mass is 266 g/mol. The molecule has 0 aliphatic heterocycles. The maximum absolute atomic E-state index is 9.92. The standard InChI is InChI=1S/C14H12Cl2O/c15-8-10-1-4-12(5-2-10)13-6-3-11(9-16)7-14(13)17/h1-7,17H,8-9H2. The van der Waals surface area contributed by atoms with E-state index in [2.05, 4.69) is 0 Å². The predicted octanol–water partition coefficient (Wildman–Crippen LogP) is 4.54. The molecule has 0 atom stereocenters. The van der Waals surface area contributed by atoms with E-state index in [9.17, 15) is 5.11 Å². The van der Waals surface area contributed by atoms with Crippen LogP contribution in [0.15, 0.2) is 42.5 Å². The van der Waals surface area contributed by atoms with Gasteiger partial charge in [-0.1, -0.05) is 36.4 Å². The van der Waals surface area contributed by atoms with Crippen molar-refractivity contribution in [3.8, 4) is 16.9 Å². The third kappa shape index (κ3) is 2.74. The van der Waals surface area contributed by atoms with Gasteiger partial charge in [0, 0.05) is 17.3 Å². The molecule has 2 aromatic rings. The van der Waals surface area contributed by atoms with Crippen LogP contribution >= 0.6 is 23.2 Å². The van der Waals surface area contributed by atoms with Gasteiger partial charge in [0.15, 0.2) is 0 Å². The maximum atomic E-state index is 9.92. The Hall–Kier alpha value is -1.18. The number of hydrogen-bond donors (Lipinski definition) is 1. The molecule has 0 unspecified atom stereocenters. The Kier molecular flexibility index (Phi) is 3.93. The molecule has 0 aromatic heterocycles. The highest BCUT2D eigenvalue weighted by Crippen LogP contribution is 2.30. The lowest BCUT2D eigenvalue weighted by Crippen LogP contribution is -1.84. The zero-order chi connectivity index (χ0) is 12.3. The van der Waals surface area contributed by atoms with Crippen molar-refractivity contribution in [2.45, 2.75) is 11.8 Å². The SMILES string of the molecule is Oc1cc(CCl)ccc1-c1ccc(CCl)cc1. The molecule has 1 N–H and O–H groups in total. The number of aromatic hydroxyl groups is 1. The summed E-state index contributed by atoms with van der Waals surface area (Å²) < 4.78 is 0. The summed E-state index contributed by atoms with van der Waals surface area (Å²) >= 11 is 11.4. The number of halogens is 2. The van der Waals surface area contributed by atoms with Gasteiger partial charge < -0.3 is 5.11 Å². The summed E-state index contributed by atoms with van der Waals surface area (Å²) in [5, 5.41) is 9.92. The molecule has 0 aliphatic carbocycles. The van der Waals surface area contributed by atoms with Gasteiger partial charge >= 0.3 is 0 Å². The van der Waals surface area contributed by atoms with Crippen LogP contribution in [-0.2, 0) is 11.8 Å². The zero-order valence-corrected chi connectivity index (χ0v) is 10.7. The van der Waals surface area contributed by atoms with Gasteiger partial charge in [-0.15, -0.1) is 23.2 Å². The summed E-state index contributed by atoms with van der Waals surface area (Å²) in [4.78, 5) is 0. The van der Waals surface area contributed by atoms with Crippen molar-refractivity contribution in [2.24, 2.45) is 0 Å². The van der Waals surface area contributed by atoms with Crippen molar-refractivity contribution in [3.05, 3.63) is 53.6 Å². The molecule has 0 saturated heterocycles. The average molecular weight is 267 g/mol. The Balaban J connectivity index is 2.38. The fourth-order valence-electron chi connectivity index (χ4n) is 1.68. The third-order valence-electron chi connectivity index (χ3n) is 2.64. The van der Waals surface area contributed by atoms with Crippen molar-refractivity contribution in [2.75, 3.05) is 0 Å². The summed E-state index contributed by atoms with van der Waals surface area (Å²) in [6.07, 6.45) is 0. The van der Waals surface area contributed by atoms with Crippen LogP contribution < -0.4 is 0 Å². The highest BCUT2D eigenvalue weighted by atomic mass is 35.5. The van der Waals surface area contributed by atoms with Crippen LogP contribution in [0, 0.1) is 0 Å². The number of phenols is 1. The van der Waals surface area contributed by atoms with Crippen LogP contribution in [0.4, 0.5) is 0 Å². The van der Waals surface area contributed by atoms with Gasteiger partial charge in [0.25, 0.3) is 0 Å². The average Bonchev–Trinajstić information content (AvgIpc) is 2.39. The van der Waals surface area contributed by atoms with E-state index in [0.717, 1.165) is 22.3 Å². The van der Waals surface area contributed by atoms with Gasteiger partial charge in [-0.2, -0.15) is 0 Å². The van der Waals surface area contributed by atoms with Gasteiger partial charge in [-0.3, -0.25) is 0 Å². The molecule has 0 saturated carbocycles. The van der Waals surface area contributed by atoms with Gasteiger partial charge in [-0.05, 0) is 22.8 Å². The second kappa shape index (κ2) is 5.44. The molecule has 0 amide bonds. The highest BCUT2D eigenvalue weighted by Gasteiger charge is 2.05. The number of hydrogen-bond acceptors (Lipinski definition) is 1. The first-order valence-corrected chi connectivity index (χ1v) is 6.34. The third-order valence-corrected chi connectivity index (χ3v) is 3.25. The van der Waals surface area contributed by atoms with Crippen LogP contribution in [0.2, 0.25) is 0 Å². The van der Waals surface area contributed by atoms with Crippen molar-refractivity contribution >= 4 is 23.2 Å². The fraction of sp³-hybridized carbons (Fsp3) is 0.143. The van der Waals surface area contributed by atoms with E-state index >= 15 is 0 Å². The first-order valence-electron chi connectivity index (χ1n) is 5.27. The molecule has 0 fully saturated rings. The second-order valence-corrected chi connectivity index (χ2v) is 4.35. The minimum atomic E-state index is 0.252. The molecule has 17 heavy (non-hydrogen) atoms. The van der Waals surface area contributed by atoms with Crippen LogP contribution in [-0.4, -0.2) is 5.11 Å². The molecule has 2 rings (SSSR count). The van der Waals surface area contributed by atoms with E-state index in [4.69, 9.17) is 23.2 Å². The highest BCUT2D eigenvalue weighted by molar-refractivity contribution is 6.17. The largest absolute Gasteiger partial charge is 0.507 e. The lowest BCUT2D eigenvalue weighted by molar-refractivity contribution is 0.477. The van der Waals surface area contributed by atoms with Gasteiger partial charge in [0.05, 0.1) is 0 Å². The summed E-state index contributed by atoms with van der Waals surface area (Å²) in [6, 6.07) is 13.3. The van der Waals surface area contributed by atoms with Crippen molar-refractivity contribution in [3.63, 3.8) is 0 Å². The van der Waals surface area contributed by atoms with Crippen LogP contribution in [0.5, 0.6) is 5.75 Å². The topological polar surface area (TPSA) is 20.2 Å². The summed E-state index contributed by atoms with van der Waals surface area (Å²) in [6.45, 7) is 0. The van der Waals surface area contributed by atoms with E-state index in [1.54, 1.807) is 6.07 Å². The van der Waals surface area contributed by atoms with Crippen molar-refractivity contribution in [1.29, 1.82) is 0 Å². The van der Waals surface area contributed by atoms with Crippen LogP contribution in [0.1, 0.15) is 11.1 Å². The molecule has 3 heteroatoms. The van der Waals surface area contributed by atoms with Crippen molar-refractivity contribution in [1.82, 2.24) is 0 Å². The van der Waals surface area contributed by atoms with E-state index in [1.807, 2.05) is 36.4 Å². The minimum Gasteiger partial charge on any atom is -0.507 e. The Morgan fingerprint density at radius 3 is 1.94 bits per heavy atom. The van der Waals surface area contributed by atoms with Crippen LogP contribution in [0.25, 0.3) is 11.1 Å². The number of alkyl halides is 2. The Labute approximate surface area is 111 Å². The first-order chi connectivity index (χ1) is 8.24. The molecule has 0 heterocycles. The molecule has 0 radical (unpaired) electrons. The normalized spacial score (nSPS) is 10.5. The lowest BCUT2D eigenvalue weighted by atomic mass is 10.0. The Bertz CT molecular complexity index is 506. The smallest absolute Gasteiger partial charge is 0.123 e. The van der Waals surface area contributed by atoms with Crippen molar-refractivity contribution < 1.29 is 5.11 Å². The molecule has 0 aliphatic rings. The van der Waals surface area contributed by atoms with E-state index in [-0.39, 0.29) is 5.75 Å². The zero-order valence-electron chi connectivity index (χ0n) is 9.16. The minimum absolute atomic E-state index is 0.252. The molecule has 2 aromatic carbocycles. The lowest BCUT2D eigenvalue weighted by Gasteiger charge is -2.07. The Morgan fingerprint density at radius 1 is 0.824 bits per heavy atom. The van der Waals surface area contributed by atoms with Gasteiger partial charge in [0.2, 0.25) is 0 Å². The molecule has 0 bridgehead atoms. The number of rotatable bonds is 3. The molecular weight excluding hydrogens is 255 g/mol. The van der Waals surface area contributed by atoms with Crippen LogP contribution in [0.3, 0.4) is 0 Å². The number of phenolic OH excluding ortho intramolecular Hbond substituents is 1. The summed E-state index contributed by atoms with van der Waals surface area (Å²) in [5.74, 6) is 1.15. The quantitative estimate of drug-likeness (QED) is 0.809. The summed E-state index contributed by atoms with van der Waals surface area (Å²) in [5.41, 5.74) is 3.75. The van der Waals surface area contributed by atoms with E-state index in [1.165, 1.54) is 0 Å². The first kappa shape index (κ1) is 12.3. The Morgan fingerprint density at radius 2 is 1.41 bits per heavy atom. The predicted molar refractivity (Wildman–Crippen MR) is 72.7 cm³/mol. The van der Waals surface area contributed by atoms with Gasteiger partial charge in [0.1, 0.15) is 5.75 Å². The summed E-state index contributed by atoms with van der Waals surface area (Å²) in [7, 11) is 0. The van der Waals surface area contributed by atoms with Gasteiger partial charge in [-0.25, -0.2) is 0 Å². The molecular formula is C14H12Cl2O. The molecule has 1 nitrogen and oxygen atoms in total.